The molecule has 0 spiro atoms. The molecule has 1 nitrogen and oxygen atoms in total. The van der Waals surface area contributed by atoms with Crippen molar-refractivity contribution in [2.45, 2.75) is 45.1 Å². The Morgan fingerprint density at radius 2 is 1.73 bits per heavy atom. The van der Waals surface area contributed by atoms with Crippen molar-refractivity contribution in [3.8, 4) is 0 Å². The Morgan fingerprint density at radius 1 is 1.27 bits per heavy atom. The first-order chi connectivity index (χ1) is 5.24. The average molecular weight is 239 g/mol. The van der Waals surface area contributed by atoms with Crippen molar-refractivity contribution in [3.63, 3.8) is 0 Å². The molecule has 0 N–H and O–H groups in total. The lowest BCUT2D eigenvalue weighted by atomic mass is 9.95. The molecule has 0 aromatic heterocycles. The summed E-state index contributed by atoms with van der Waals surface area (Å²) < 4.78 is 5.66. The number of hydrogen-bond donors (Lipinski definition) is 0. The lowest BCUT2D eigenvalue weighted by molar-refractivity contribution is 0.0858. The zero-order chi connectivity index (χ0) is 8.74. The lowest BCUT2D eigenvalue weighted by Gasteiger charge is -2.30. The minimum atomic E-state index is 0.162. The van der Waals surface area contributed by atoms with Gasteiger partial charge in [-0.15, -0.1) is 0 Å². The van der Waals surface area contributed by atoms with Crippen molar-refractivity contribution in [2.24, 2.45) is 0 Å². The molecule has 0 bridgehead atoms. The highest BCUT2D eigenvalue weighted by molar-refractivity contribution is 9.09. The van der Waals surface area contributed by atoms with Gasteiger partial charge >= 0.3 is 0 Å². The molecule has 0 aliphatic rings. The number of hydrogen-bond acceptors (Lipinski definition) is 1. The molecule has 0 heterocycles. The van der Waals surface area contributed by atoms with Gasteiger partial charge in [0.25, 0.3) is 0 Å². The van der Waals surface area contributed by atoms with Gasteiger partial charge in [0.2, 0.25) is 0 Å². The fourth-order valence-electron chi connectivity index (χ4n) is 1.43. The van der Waals surface area contributed by atoms with E-state index >= 15 is 0 Å². The molecule has 0 fully saturated rings. The quantitative estimate of drug-likeness (QED) is 0.509. The molecule has 11 heavy (non-hydrogen) atoms. The van der Waals surface area contributed by atoms with E-state index in [1.165, 1.54) is 25.7 Å². The summed E-state index contributed by atoms with van der Waals surface area (Å²) >= 11 is 3.53. The topological polar surface area (TPSA) is 9.23 Å². The Balaban J connectivity index is 3.96. The third-order valence-electron chi connectivity index (χ3n) is 2.09. The van der Waals surface area contributed by atoms with Crippen LogP contribution in [0.15, 0.2) is 0 Å². The van der Waals surface area contributed by atoms with Crippen molar-refractivity contribution in [1.82, 2.24) is 0 Å². The predicted molar refractivity (Wildman–Crippen MR) is 57.4 cm³/mol. The third kappa shape index (κ3) is 3.72. The fraction of sp³-hybridized carbons (Fsp3) is 1.00. The van der Waals surface area contributed by atoms with Crippen molar-refractivity contribution in [1.29, 1.82) is 0 Å². The highest BCUT2D eigenvalue weighted by atomic mass is 79.9. The van der Waals surface area contributed by atoms with Crippen LogP contribution in [-0.4, -0.2) is 21.4 Å². The first-order valence-electron chi connectivity index (χ1n) is 4.35. The van der Waals surface area contributed by atoms with Crippen LogP contribution in [0.25, 0.3) is 0 Å². The van der Waals surface area contributed by atoms with Gasteiger partial charge in [0.05, 0.1) is 5.60 Å². The average Bonchev–Trinajstić information content (AvgIpc) is 2.04. The predicted octanol–water partition coefficient (Wildman–Crippen LogP) is 2.02. The van der Waals surface area contributed by atoms with Gasteiger partial charge in [-0.25, -0.2) is 0 Å². The summed E-state index contributed by atoms with van der Waals surface area (Å²) in [4.78, 5) is 0. The molecule has 0 rings (SSSR count). The highest BCUT2D eigenvalue weighted by Gasteiger charge is 2.25. The highest BCUT2D eigenvalue weighted by Crippen LogP contribution is 2.25. The molecule has 0 saturated heterocycles. The smallest absolute Gasteiger partial charge is 0.146 e. The molecule has 0 unspecified atom stereocenters. The zero-order valence-electron chi connectivity index (χ0n) is 7.82. The molecule has 0 saturated carbocycles. The van der Waals surface area contributed by atoms with Crippen LogP contribution in [0.3, 0.4) is 0 Å². The minimum absolute atomic E-state index is 0.162. The van der Waals surface area contributed by atoms with E-state index in [4.69, 9.17) is 4.43 Å². The van der Waals surface area contributed by atoms with Crippen molar-refractivity contribution in [2.75, 3.05) is 5.33 Å². The largest absolute Gasteiger partial charge is 0.422 e. The second kappa shape index (κ2) is 6.20. The fourth-order valence-corrected chi connectivity index (χ4v) is 3.19. The molecule has 0 atom stereocenters. The maximum atomic E-state index is 5.66. The Bertz CT molecular complexity index is 86.1. The summed E-state index contributed by atoms with van der Waals surface area (Å²) in [5.74, 6) is 0. The molecule has 68 valence electrons. The number of alkyl halides is 1. The molecular weight excluding hydrogens is 220 g/mol. The van der Waals surface area contributed by atoms with Crippen LogP contribution < -0.4 is 0 Å². The first kappa shape index (κ1) is 11.7. The van der Waals surface area contributed by atoms with E-state index in [-0.39, 0.29) is 5.60 Å². The van der Waals surface area contributed by atoms with Crippen LogP contribution in [0, 0.1) is 0 Å². The summed E-state index contributed by atoms with van der Waals surface area (Å²) in [7, 11) is 0.854. The Labute approximate surface area is 81.6 Å². The first-order valence-corrected chi connectivity index (χ1v) is 6.29. The second-order valence-electron chi connectivity index (χ2n) is 3.02. The second-order valence-corrected chi connectivity index (χ2v) is 3.99. The molecule has 0 aliphatic heterocycles. The van der Waals surface area contributed by atoms with Crippen LogP contribution in [0.4, 0.5) is 0 Å². The summed E-state index contributed by atoms with van der Waals surface area (Å²) in [6, 6.07) is 0. The number of rotatable bonds is 6. The molecular formula is C8H19BrOSi. The van der Waals surface area contributed by atoms with Gasteiger partial charge in [-0.2, -0.15) is 0 Å². The van der Waals surface area contributed by atoms with Gasteiger partial charge in [-0.05, 0) is 12.8 Å². The van der Waals surface area contributed by atoms with Gasteiger partial charge in [-0.1, -0.05) is 42.6 Å². The van der Waals surface area contributed by atoms with Gasteiger partial charge < -0.3 is 4.43 Å². The van der Waals surface area contributed by atoms with Crippen LogP contribution >= 0.6 is 15.9 Å². The standard InChI is InChI=1S/C8H19BrOSi/c1-3-5-8(7-9,10-11)6-4-2/h3-7H2,1-2,11H3. The number of halogens is 1. The molecule has 0 aromatic carbocycles. The summed E-state index contributed by atoms with van der Waals surface area (Å²) in [5.41, 5.74) is 0.162. The van der Waals surface area contributed by atoms with E-state index in [2.05, 4.69) is 29.8 Å². The van der Waals surface area contributed by atoms with Gasteiger partial charge in [0.1, 0.15) is 10.5 Å². The van der Waals surface area contributed by atoms with E-state index in [1.807, 2.05) is 0 Å². The molecule has 0 amide bonds. The molecule has 0 aromatic rings. The van der Waals surface area contributed by atoms with Crippen LogP contribution in [0.2, 0.25) is 0 Å². The van der Waals surface area contributed by atoms with Crippen molar-refractivity contribution < 1.29 is 4.43 Å². The third-order valence-corrected chi connectivity index (χ3v) is 3.98. The van der Waals surface area contributed by atoms with E-state index in [0.717, 1.165) is 15.8 Å². The minimum Gasteiger partial charge on any atom is -0.422 e. The van der Waals surface area contributed by atoms with E-state index in [9.17, 15) is 0 Å². The normalized spacial score (nSPS) is 12.3. The van der Waals surface area contributed by atoms with Gasteiger partial charge in [0.15, 0.2) is 0 Å². The molecule has 0 aliphatic carbocycles. The van der Waals surface area contributed by atoms with Gasteiger partial charge in [0, 0.05) is 5.33 Å². The molecule has 3 heteroatoms. The Kier molecular flexibility index (Phi) is 6.57. The van der Waals surface area contributed by atoms with Crippen LogP contribution in [0.5, 0.6) is 0 Å². The zero-order valence-corrected chi connectivity index (χ0v) is 11.4. The van der Waals surface area contributed by atoms with Crippen LogP contribution in [0.1, 0.15) is 39.5 Å². The maximum absolute atomic E-state index is 5.66. The summed E-state index contributed by atoms with van der Waals surface area (Å²) in [6.45, 7) is 4.43. The van der Waals surface area contributed by atoms with E-state index in [1.54, 1.807) is 0 Å². The molecule has 0 radical (unpaired) electrons. The van der Waals surface area contributed by atoms with E-state index in [0.29, 0.717) is 0 Å². The SMILES string of the molecule is CCCC(CBr)(CCC)O[SiH3]. The van der Waals surface area contributed by atoms with Crippen molar-refractivity contribution >= 4 is 26.4 Å². The summed E-state index contributed by atoms with van der Waals surface area (Å²) in [6.07, 6.45) is 4.81. The Hall–Kier alpha value is 0.657. The monoisotopic (exact) mass is 238 g/mol. The van der Waals surface area contributed by atoms with Gasteiger partial charge in [-0.3, -0.25) is 0 Å². The van der Waals surface area contributed by atoms with E-state index < -0.39 is 0 Å². The maximum Gasteiger partial charge on any atom is 0.146 e. The Morgan fingerprint density at radius 3 is 1.91 bits per heavy atom. The lowest BCUT2D eigenvalue weighted by Crippen LogP contribution is -2.33. The van der Waals surface area contributed by atoms with Crippen molar-refractivity contribution in [3.05, 3.63) is 0 Å². The summed E-state index contributed by atoms with van der Waals surface area (Å²) in [5, 5.41) is 0.991. The van der Waals surface area contributed by atoms with Crippen LogP contribution in [-0.2, 0) is 4.43 Å².